The molecule has 0 aliphatic rings. The van der Waals surface area contributed by atoms with Crippen LogP contribution in [0.25, 0.3) is 10.9 Å². The molecule has 0 atom stereocenters. The lowest BCUT2D eigenvalue weighted by Crippen LogP contribution is -2.16. The summed E-state index contributed by atoms with van der Waals surface area (Å²) < 4.78 is 28.6. The molecule has 7 heteroatoms. The largest absolute Gasteiger partial charge is 0.377 e. The fraction of sp³-hybridized carbons (Fsp3) is 0.250. The maximum Gasteiger partial charge on any atom is 0.306 e. The first-order chi connectivity index (χ1) is 8.81. The molecule has 1 heterocycles. The van der Waals surface area contributed by atoms with Crippen LogP contribution in [-0.4, -0.2) is 25.5 Å². The summed E-state index contributed by atoms with van der Waals surface area (Å²) in [4.78, 5) is 13.2. The first kappa shape index (κ1) is 14.0. The topological polar surface area (TPSA) is 65.4 Å². The Morgan fingerprint density at radius 2 is 2.00 bits per heavy atom. The summed E-state index contributed by atoms with van der Waals surface area (Å²) in [6, 6.07) is 5.38. The highest BCUT2D eigenvalue weighted by Gasteiger charge is 2.13. The molecular weight excluding hydrogens is 286 g/mol. The van der Waals surface area contributed by atoms with Crippen molar-refractivity contribution >= 4 is 32.8 Å². The summed E-state index contributed by atoms with van der Waals surface area (Å²) in [6.45, 7) is 0. The molecule has 0 saturated heterocycles. The highest BCUT2D eigenvalue weighted by Crippen LogP contribution is 2.21. The van der Waals surface area contributed by atoms with E-state index in [1.807, 2.05) is 18.4 Å². The normalized spacial score (nSPS) is 11.7. The Morgan fingerprint density at radius 3 is 2.58 bits per heavy atom. The molecule has 0 amide bonds. The van der Waals surface area contributed by atoms with E-state index in [9.17, 15) is 13.2 Å². The number of rotatable bonds is 3. The summed E-state index contributed by atoms with van der Waals surface area (Å²) in [5, 5.41) is 0.432. The third-order valence-electron chi connectivity index (χ3n) is 2.61. The first-order valence-electron chi connectivity index (χ1n) is 5.38. The minimum atomic E-state index is -3.72. The van der Waals surface area contributed by atoms with Gasteiger partial charge in [0.05, 0.1) is 18.0 Å². The fourth-order valence-corrected chi connectivity index (χ4v) is 2.66. The van der Waals surface area contributed by atoms with Crippen molar-refractivity contribution < 1.29 is 12.6 Å². The molecule has 0 aliphatic heterocycles. The van der Waals surface area contributed by atoms with E-state index in [0.29, 0.717) is 5.39 Å². The summed E-state index contributed by atoms with van der Waals surface area (Å²) in [5.74, 6) is -0.186. The number of aromatic nitrogens is 1. The Morgan fingerprint density at radius 1 is 1.32 bits per heavy atom. The van der Waals surface area contributed by atoms with Crippen molar-refractivity contribution in [3.63, 3.8) is 0 Å². The van der Waals surface area contributed by atoms with Crippen LogP contribution in [0.4, 0.5) is 0 Å². The lowest BCUT2D eigenvalue weighted by atomic mass is 10.2. The van der Waals surface area contributed by atoms with E-state index in [1.54, 1.807) is 29.4 Å². The number of benzene rings is 1. The van der Waals surface area contributed by atoms with Gasteiger partial charge in [-0.1, -0.05) is 0 Å². The second kappa shape index (κ2) is 4.90. The van der Waals surface area contributed by atoms with Gasteiger partial charge in [-0.25, -0.2) is 0 Å². The van der Waals surface area contributed by atoms with Crippen LogP contribution in [0, 0.1) is 0 Å². The van der Waals surface area contributed by atoms with Crippen molar-refractivity contribution in [3.8, 4) is 5.75 Å². The van der Waals surface area contributed by atoms with Gasteiger partial charge < -0.3 is 8.75 Å². The van der Waals surface area contributed by atoms with Crippen LogP contribution in [-0.2, 0) is 17.2 Å². The summed E-state index contributed by atoms with van der Waals surface area (Å²) in [7, 11) is -1.98. The van der Waals surface area contributed by atoms with Crippen LogP contribution in [0.1, 0.15) is 0 Å². The fourth-order valence-electron chi connectivity index (χ4n) is 1.78. The average Bonchev–Trinajstić information content (AvgIpc) is 2.33. The number of pyridine rings is 1. The van der Waals surface area contributed by atoms with E-state index in [0.717, 1.165) is 16.7 Å². The Balaban J connectivity index is 2.73. The van der Waals surface area contributed by atoms with Crippen molar-refractivity contribution in [3.05, 3.63) is 34.6 Å². The van der Waals surface area contributed by atoms with Gasteiger partial charge >= 0.3 is 10.1 Å². The van der Waals surface area contributed by atoms with E-state index in [1.165, 1.54) is 6.20 Å². The molecule has 0 bridgehead atoms. The molecule has 2 aromatic rings. The van der Waals surface area contributed by atoms with Gasteiger partial charge in [-0.2, -0.15) is 8.42 Å². The second-order valence-corrected chi connectivity index (χ2v) is 6.56. The van der Waals surface area contributed by atoms with E-state index in [2.05, 4.69) is 0 Å². The monoisotopic (exact) mass is 299 g/mol. The van der Waals surface area contributed by atoms with Gasteiger partial charge in [-0.15, -0.1) is 11.8 Å². The van der Waals surface area contributed by atoms with E-state index in [4.69, 9.17) is 4.18 Å². The molecule has 2 rings (SSSR count). The van der Waals surface area contributed by atoms with Gasteiger partial charge in [0.1, 0.15) is 0 Å². The number of hydrogen-bond donors (Lipinski definition) is 0. The SMILES string of the molecule is CSc1ccc2c(=O)c(OS(C)(=O)=O)cn(C)c2c1. The lowest BCUT2D eigenvalue weighted by molar-refractivity contribution is 0.488. The molecule has 0 radical (unpaired) electrons. The summed E-state index contributed by atoms with van der Waals surface area (Å²) in [6.07, 6.45) is 4.24. The molecule has 0 fully saturated rings. The summed E-state index contributed by atoms with van der Waals surface area (Å²) in [5.41, 5.74) is 0.309. The average molecular weight is 299 g/mol. The van der Waals surface area contributed by atoms with Crippen LogP contribution >= 0.6 is 11.8 Å². The number of fused-ring (bicyclic) bond motifs is 1. The van der Waals surface area contributed by atoms with Crippen molar-refractivity contribution in [2.75, 3.05) is 12.5 Å². The number of nitrogens with zero attached hydrogens (tertiary/aromatic N) is 1. The number of hydrogen-bond acceptors (Lipinski definition) is 5. The number of thioether (sulfide) groups is 1. The molecule has 1 aromatic carbocycles. The van der Waals surface area contributed by atoms with Gasteiger partial charge in [-0.3, -0.25) is 4.79 Å². The Bertz CT molecular complexity index is 793. The quantitative estimate of drug-likeness (QED) is 0.636. The smallest absolute Gasteiger partial charge is 0.306 e. The molecule has 102 valence electrons. The molecule has 19 heavy (non-hydrogen) atoms. The maximum absolute atomic E-state index is 12.1. The standard InChI is InChI=1S/C12H13NO4S2/c1-13-7-11(17-19(3,15)16)12(14)9-5-4-8(18-2)6-10(9)13/h4-7H,1-3H3. The van der Waals surface area contributed by atoms with Crippen molar-refractivity contribution in [2.45, 2.75) is 4.90 Å². The highest BCUT2D eigenvalue weighted by atomic mass is 32.2. The van der Waals surface area contributed by atoms with Crippen LogP contribution in [0.5, 0.6) is 5.75 Å². The predicted octanol–water partition coefficient (Wildman–Crippen LogP) is 1.60. The van der Waals surface area contributed by atoms with Crippen molar-refractivity contribution in [2.24, 2.45) is 7.05 Å². The minimum Gasteiger partial charge on any atom is -0.377 e. The second-order valence-electron chi connectivity index (χ2n) is 4.10. The van der Waals surface area contributed by atoms with Crippen LogP contribution in [0.15, 0.2) is 34.1 Å². The summed E-state index contributed by atoms with van der Waals surface area (Å²) >= 11 is 1.57. The lowest BCUT2D eigenvalue weighted by Gasteiger charge is -2.09. The Kier molecular flexibility index (Phi) is 3.60. The zero-order valence-electron chi connectivity index (χ0n) is 10.7. The maximum atomic E-state index is 12.1. The molecule has 0 spiro atoms. The highest BCUT2D eigenvalue weighted by molar-refractivity contribution is 7.98. The van der Waals surface area contributed by atoms with Crippen LogP contribution in [0.3, 0.4) is 0 Å². The molecule has 5 nitrogen and oxygen atoms in total. The van der Waals surface area contributed by atoms with Gasteiger partial charge in [0.2, 0.25) is 11.2 Å². The first-order valence-corrected chi connectivity index (χ1v) is 8.43. The Labute approximate surface area is 115 Å². The molecule has 1 aromatic heterocycles. The van der Waals surface area contributed by atoms with Gasteiger partial charge in [-0.05, 0) is 24.5 Å². The third-order valence-corrected chi connectivity index (χ3v) is 3.81. The van der Waals surface area contributed by atoms with Crippen LogP contribution < -0.4 is 9.61 Å². The zero-order chi connectivity index (χ0) is 14.2. The minimum absolute atomic E-state index is 0.186. The van der Waals surface area contributed by atoms with Crippen molar-refractivity contribution in [1.29, 1.82) is 0 Å². The number of aryl methyl sites for hydroxylation is 1. The molecule has 0 aliphatic carbocycles. The predicted molar refractivity (Wildman–Crippen MR) is 76.4 cm³/mol. The van der Waals surface area contributed by atoms with E-state index < -0.39 is 15.5 Å². The van der Waals surface area contributed by atoms with Gasteiger partial charge in [0.15, 0.2) is 0 Å². The molecular formula is C12H13NO4S2. The van der Waals surface area contributed by atoms with E-state index in [-0.39, 0.29) is 5.75 Å². The molecule has 0 saturated carbocycles. The molecule has 0 N–H and O–H groups in total. The van der Waals surface area contributed by atoms with Crippen LogP contribution in [0.2, 0.25) is 0 Å². The van der Waals surface area contributed by atoms with Gasteiger partial charge in [0, 0.05) is 17.3 Å². The third kappa shape index (κ3) is 2.93. The van der Waals surface area contributed by atoms with E-state index >= 15 is 0 Å². The van der Waals surface area contributed by atoms with Crippen molar-refractivity contribution in [1.82, 2.24) is 4.57 Å². The molecule has 0 unspecified atom stereocenters. The zero-order valence-corrected chi connectivity index (χ0v) is 12.3. The Hall–Kier alpha value is -1.47. The van der Waals surface area contributed by atoms with Gasteiger partial charge in [0.25, 0.3) is 0 Å².